The molecule has 0 heterocycles. The van der Waals surface area contributed by atoms with Crippen molar-refractivity contribution in [1.82, 2.24) is 4.90 Å². The van der Waals surface area contributed by atoms with Gasteiger partial charge in [-0.25, -0.2) is 4.79 Å². The predicted molar refractivity (Wildman–Crippen MR) is 37.6 cm³/mol. The molecule has 3 N–H and O–H groups in total. The number of rotatable bonds is 3. The van der Waals surface area contributed by atoms with E-state index in [0.29, 0.717) is 0 Å². The van der Waals surface area contributed by atoms with Crippen molar-refractivity contribution in [3.8, 4) is 12.3 Å². The summed E-state index contributed by atoms with van der Waals surface area (Å²) in [5.74, 6) is 0.976. The predicted octanol–water partition coefficient (Wildman–Crippen LogP) is -0.915. The molecule has 0 aliphatic carbocycles. The minimum absolute atomic E-state index is 0.0817. The third kappa shape index (κ3) is 3.81. The summed E-state index contributed by atoms with van der Waals surface area (Å²) in [4.78, 5) is 21.3. The Morgan fingerprint density at radius 1 is 1.64 bits per heavy atom. The number of hydrogen-bond acceptors (Lipinski definition) is 2. The average molecular weight is 156 g/mol. The maximum atomic E-state index is 10.4. The van der Waals surface area contributed by atoms with Gasteiger partial charge in [-0.05, 0) is 0 Å². The van der Waals surface area contributed by atoms with Gasteiger partial charge in [0.15, 0.2) is 0 Å². The van der Waals surface area contributed by atoms with E-state index in [0.717, 1.165) is 4.90 Å². The second-order valence-corrected chi connectivity index (χ2v) is 1.79. The van der Waals surface area contributed by atoms with Crippen LogP contribution in [0.25, 0.3) is 0 Å². The first-order valence-electron chi connectivity index (χ1n) is 2.77. The fourth-order valence-electron chi connectivity index (χ4n) is 0.485. The lowest BCUT2D eigenvalue weighted by Crippen LogP contribution is -2.39. The van der Waals surface area contributed by atoms with E-state index in [4.69, 9.17) is 17.3 Å². The number of carbonyl (C=O) groups excluding carboxylic acids is 1. The monoisotopic (exact) mass is 156 g/mol. The Labute approximate surface area is 63.8 Å². The molecular formula is C6H8N2O3. The Balaban J connectivity index is 4.02. The number of terminal acetylenes is 1. The summed E-state index contributed by atoms with van der Waals surface area (Å²) >= 11 is 0. The maximum absolute atomic E-state index is 10.4. The smallest absolute Gasteiger partial charge is 0.323 e. The standard InChI is InChI=1S/C6H8N2O3/c1-2-3-8(6(7)11)4-5(9)10/h1H,3-4H2,(H2,7,11)(H,9,10). The van der Waals surface area contributed by atoms with Crippen LogP contribution in [0.5, 0.6) is 0 Å². The number of primary amides is 1. The van der Waals surface area contributed by atoms with Crippen LogP contribution in [-0.2, 0) is 4.79 Å². The van der Waals surface area contributed by atoms with Crippen LogP contribution >= 0.6 is 0 Å². The Bertz CT molecular complexity index is 206. The first-order valence-corrected chi connectivity index (χ1v) is 2.77. The number of carboxylic acids is 1. The summed E-state index contributed by atoms with van der Waals surface area (Å²) in [6.07, 6.45) is 4.85. The van der Waals surface area contributed by atoms with Crippen LogP contribution in [0.15, 0.2) is 0 Å². The van der Waals surface area contributed by atoms with E-state index in [1.807, 2.05) is 0 Å². The molecule has 0 rings (SSSR count). The molecule has 0 unspecified atom stereocenters. The molecule has 0 aromatic heterocycles. The summed E-state index contributed by atoms with van der Waals surface area (Å²) in [5, 5.41) is 8.24. The van der Waals surface area contributed by atoms with Gasteiger partial charge in [0.05, 0.1) is 6.54 Å². The molecule has 0 bridgehead atoms. The van der Waals surface area contributed by atoms with Gasteiger partial charge >= 0.3 is 12.0 Å². The Kier molecular flexibility index (Phi) is 3.52. The summed E-state index contributed by atoms with van der Waals surface area (Å²) in [6.45, 7) is -0.541. The molecule has 5 nitrogen and oxygen atoms in total. The number of carbonyl (C=O) groups is 2. The first kappa shape index (κ1) is 9.30. The molecule has 2 amide bonds. The van der Waals surface area contributed by atoms with E-state index < -0.39 is 18.5 Å². The van der Waals surface area contributed by atoms with Gasteiger partial charge in [0.2, 0.25) is 0 Å². The fraction of sp³-hybridized carbons (Fsp3) is 0.333. The van der Waals surface area contributed by atoms with Crippen molar-refractivity contribution in [2.75, 3.05) is 13.1 Å². The minimum atomic E-state index is -1.14. The second-order valence-electron chi connectivity index (χ2n) is 1.79. The molecule has 0 saturated heterocycles. The third-order valence-electron chi connectivity index (χ3n) is 0.920. The minimum Gasteiger partial charge on any atom is -0.480 e. The van der Waals surface area contributed by atoms with Crippen LogP contribution in [0.2, 0.25) is 0 Å². The van der Waals surface area contributed by atoms with Crippen LogP contribution in [0.3, 0.4) is 0 Å². The maximum Gasteiger partial charge on any atom is 0.323 e. The molecule has 0 aromatic rings. The van der Waals surface area contributed by atoms with Gasteiger partial charge in [-0.2, -0.15) is 0 Å². The van der Waals surface area contributed by atoms with Crippen LogP contribution in [0, 0.1) is 12.3 Å². The zero-order valence-corrected chi connectivity index (χ0v) is 5.78. The molecule has 0 aromatic carbocycles. The molecule has 0 spiro atoms. The van der Waals surface area contributed by atoms with Crippen molar-refractivity contribution in [2.24, 2.45) is 5.73 Å². The van der Waals surface area contributed by atoms with E-state index >= 15 is 0 Å². The largest absolute Gasteiger partial charge is 0.480 e. The van der Waals surface area contributed by atoms with Gasteiger partial charge in [0.1, 0.15) is 6.54 Å². The SMILES string of the molecule is C#CCN(CC(=O)O)C(N)=O. The van der Waals surface area contributed by atoms with Gasteiger partial charge in [0, 0.05) is 0 Å². The number of nitrogens with zero attached hydrogens (tertiary/aromatic N) is 1. The van der Waals surface area contributed by atoms with E-state index in [2.05, 4.69) is 5.92 Å². The molecule has 0 atom stereocenters. The highest BCUT2D eigenvalue weighted by Crippen LogP contribution is 1.85. The Morgan fingerprint density at radius 3 is 2.45 bits per heavy atom. The molecule has 11 heavy (non-hydrogen) atoms. The summed E-state index contributed by atoms with van der Waals surface area (Å²) in [5.41, 5.74) is 4.80. The van der Waals surface area contributed by atoms with Crippen molar-refractivity contribution in [2.45, 2.75) is 0 Å². The molecule has 60 valence electrons. The Hall–Kier alpha value is -1.70. The van der Waals surface area contributed by atoms with E-state index in [-0.39, 0.29) is 6.54 Å². The number of carboxylic acid groups (broad SMARTS) is 1. The first-order chi connectivity index (χ1) is 5.07. The van der Waals surface area contributed by atoms with Gasteiger partial charge < -0.3 is 15.7 Å². The molecule has 0 saturated carbocycles. The van der Waals surface area contributed by atoms with Crippen molar-refractivity contribution in [3.63, 3.8) is 0 Å². The lowest BCUT2D eigenvalue weighted by molar-refractivity contribution is -0.137. The topological polar surface area (TPSA) is 83.6 Å². The highest BCUT2D eigenvalue weighted by molar-refractivity contribution is 5.79. The highest BCUT2D eigenvalue weighted by atomic mass is 16.4. The molecular weight excluding hydrogens is 148 g/mol. The fourth-order valence-corrected chi connectivity index (χ4v) is 0.485. The van der Waals surface area contributed by atoms with Gasteiger partial charge in [-0.1, -0.05) is 5.92 Å². The van der Waals surface area contributed by atoms with Crippen molar-refractivity contribution >= 4 is 12.0 Å². The lowest BCUT2D eigenvalue weighted by Gasteiger charge is -2.13. The molecule has 0 aliphatic heterocycles. The zero-order chi connectivity index (χ0) is 8.85. The lowest BCUT2D eigenvalue weighted by atomic mass is 10.5. The van der Waals surface area contributed by atoms with Gasteiger partial charge in [-0.15, -0.1) is 6.42 Å². The average Bonchev–Trinajstić information content (AvgIpc) is 1.86. The summed E-state index contributed by atoms with van der Waals surface area (Å²) in [6, 6.07) is -0.828. The van der Waals surface area contributed by atoms with Gasteiger partial charge in [0.25, 0.3) is 0 Å². The van der Waals surface area contributed by atoms with E-state index in [9.17, 15) is 9.59 Å². The molecule has 0 fully saturated rings. The second kappa shape index (κ2) is 4.17. The van der Waals surface area contributed by atoms with Crippen LogP contribution in [0.1, 0.15) is 0 Å². The number of urea groups is 1. The van der Waals surface area contributed by atoms with E-state index in [1.54, 1.807) is 0 Å². The third-order valence-corrected chi connectivity index (χ3v) is 0.920. The summed E-state index contributed by atoms with van der Waals surface area (Å²) < 4.78 is 0. The van der Waals surface area contributed by atoms with E-state index in [1.165, 1.54) is 0 Å². The van der Waals surface area contributed by atoms with Crippen molar-refractivity contribution in [3.05, 3.63) is 0 Å². The van der Waals surface area contributed by atoms with Crippen molar-refractivity contribution in [1.29, 1.82) is 0 Å². The number of hydrogen-bond donors (Lipinski definition) is 2. The normalized spacial score (nSPS) is 8.27. The van der Waals surface area contributed by atoms with Gasteiger partial charge in [-0.3, -0.25) is 4.79 Å². The molecule has 5 heteroatoms. The number of aliphatic carboxylic acids is 1. The molecule has 0 aliphatic rings. The van der Waals surface area contributed by atoms with Crippen LogP contribution in [0.4, 0.5) is 4.79 Å². The zero-order valence-electron chi connectivity index (χ0n) is 5.78. The summed E-state index contributed by atoms with van der Waals surface area (Å²) in [7, 11) is 0. The van der Waals surface area contributed by atoms with Crippen molar-refractivity contribution < 1.29 is 14.7 Å². The quantitative estimate of drug-likeness (QED) is 0.518. The highest BCUT2D eigenvalue weighted by Gasteiger charge is 2.10. The number of amides is 2. The van der Waals surface area contributed by atoms with Crippen LogP contribution < -0.4 is 5.73 Å². The molecule has 0 radical (unpaired) electrons. The van der Waals surface area contributed by atoms with Crippen LogP contribution in [-0.4, -0.2) is 35.1 Å². The number of nitrogens with two attached hydrogens (primary N) is 1. The Morgan fingerprint density at radius 2 is 2.18 bits per heavy atom.